The second-order valence-electron chi connectivity index (χ2n) is 8.92. The molecule has 3 unspecified atom stereocenters. The molecule has 7 atom stereocenters. The van der Waals surface area contributed by atoms with Gasteiger partial charge in [0, 0.05) is 0 Å². The highest BCUT2D eigenvalue weighted by Gasteiger charge is 2.37. The molecule has 0 aliphatic heterocycles. The van der Waals surface area contributed by atoms with Gasteiger partial charge in [-0.3, -0.25) is 0 Å². The molecule has 0 amide bonds. The largest absolute Gasteiger partial charge is 0.497 e. The summed E-state index contributed by atoms with van der Waals surface area (Å²) in [4.78, 5) is 0. The molecule has 0 radical (unpaired) electrons. The summed E-state index contributed by atoms with van der Waals surface area (Å²) in [5, 5.41) is 60.5. The number of rotatable bonds is 14. The van der Waals surface area contributed by atoms with Crippen LogP contribution < -0.4 is 9.47 Å². The van der Waals surface area contributed by atoms with Gasteiger partial charge in [0.25, 0.3) is 0 Å². The van der Waals surface area contributed by atoms with Crippen LogP contribution in [0.1, 0.15) is 24.5 Å². The highest BCUT2D eigenvalue weighted by atomic mass is 16.5. The van der Waals surface area contributed by atoms with Crippen LogP contribution in [0, 0.1) is 11.8 Å². The van der Waals surface area contributed by atoms with Crippen LogP contribution in [-0.4, -0.2) is 82.0 Å². The van der Waals surface area contributed by atoms with Crippen molar-refractivity contribution >= 4 is 0 Å². The fraction of sp³-hybridized carbons (Fsp3) is 0.538. The van der Waals surface area contributed by atoms with Gasteiger partial charge >= 0.3 is 0 Å². The van der Waals surface area contributed by atoms with Gasteiger partial charge in [-0.05, 0) is 66.5 Å². The molecule has 2 rings (SSSR count). The van der Waals surface area contributed by atoms with Gasteiger partial charge in [-0.1, -0.05) is 31.2 Å². The molecule has 0 bridgehead atoms. The second-order valence-corrected chi connectivity index (χ2v) is 8.92. The van der Waals surface area contributed by atoms with Crippen LogP contribution >= 0.6 is 0 Å². The van der Waals surface area contributed by atoms with Crippen molar-refractivity contribution in [3.8, 4) is 11.5 Å². The van der Waals surface area contributed by atoms with E-state index < -0.39 is 43.0 Å². The Morgan fingerprint density at radius 2 is 1.09 bits per heavy atom. The molecule has 2 aromatic rings. The number of aliphatic hydroxyl groups is 6. The molecule has 0 aliphatic rings. The Labute approximate surface area is 201 Å². The predicted octanol–water partition coefficient (Wildman–Crippen LogP) is 0.928. The van der Waals surface area contributed by atoms with Crippen molar-refractivity contribution in [2.24, 2.45) is 11.8 Å². The standard InChI is InChI=1S/C26H38O8/c1-16(12-17-4-8-20(33-2)9-5-17)13-19(14-18-6-10-21(34-3)11-7-18)23(29)25(31)26(32)24(30)22(28)15-27/h4-11,16,19,22-32H,12-15H2,1-3H3/t16?,19?,22-,23?,24+,25+,26-/m0/s1. The van der Waals surface area contributed by atoms with E-state index in [-0.39, 0.29) is 5.92 Å². The summed E-state index contributed by atoms with van der Waals surface area (Å²) in [5.41, 5.74) is 2.02. The zero-order valence-corrected chi connectivity index (χ0v) is 20.0. The normalized spacial score (nSPS) is 17.8. The summed E-state index contributed by atoms with van der Waals surface area (Å²) < 4.78 is 10.4. The Hall–Kier alpha value is -2.20. The Morgan fingerprint density at radius 3 is 1.53 bits per heavy atom. The van der Waals surface area contributed by atoms with E-state index in [9.17, 15) is 25.5 Å². The third-order valence-corrected chi connectivity index (χ3v) is 6.22. The maximum absolute atomic E-state index is 11.0. The molecule has 8 heteroatoms. The zero-order chi connectivity index (χ0) is 25.3. The lowest BCUT2D eigenvalue weighted by molar-refractivity contribution is -0.149. The first-order valence-corrected chi connectivity index (χ1v) is 11.5. The van der Waals surface area contributed by atoms with Crippen molar-refractivity contribution < 1.29 is 40.1 Å². The third-order valence-electron chi connectivity index (χ3n) is 6.22. The van der Waals surface area contributed by atoms with Crippen molar-refractivity contribution in [3.63, 3.8) is 0 Å². The molecule has 0 heterocycles. The number of aliphatic hydroxyl groups excluding tert-OH is 6. The van der Waals surface area contributed by atoms with Crippen molar-refractivity contribution in [2.75, 3.05) is 20.8 Å². The lowest BCUT2D eigenvalue weighted by atomic mass is 9.80. The Morgan fingerprint density at radius 1 is 0.647 bits per heavy atom. The second kappa shape index (κ2) is 13.6. The molecule has 8 nitrogen and oxygen atoms in total. The van der Waals surface area contributed by atoms with E-state index >= 15 is 0 Å². The van der Waals surface area contributed by atoms with Crippen LogP contribution in [0.5, 0.6) is 11.5 Å². The van der Waals surface area contributed by atoms with Crippen LogP contribution in [0.2, 0.25) is 0 Å². The monoisotopic (exact) mass is 478 g/mol. The lowest BCUT2D eigenvalue weighted by Gasteiger charge is -2.33. The first-order valence-electron chi connectivity index (χ1n) is 11.5. The number of hydrogen-bond donors (Lipinski definition) is 6. The molecule has 34 heavy (non-hydrogen) atoms. The summed E-state index contributed by atoms with van der Waals surface area (Å²) in [6, 6.07) is 15.1. The van der Waals surface area contributed by atoms with Gasteiger partial charge in [0.1, 0.15) is 35.9 Å². The van der Waals surface area contributed by atoms with Crippen LogP contribution in [0.3, 0.4) is 0 Å². The van der Waals surface area contributed by atoms with Crippen molar-refractivity contribution in [3.05, 3.63) is 59.7 Å². The van der Waals surface area contributed by atoms with Gasteiger partial charge in [-0.15, -0.1) is 0 Å². The Balaban J connectivity index is 2.17. The van der Waals surface area contributed by atoms with E-state index in [1.54, 1.807) is 14.2 Å². The topological polar surface area (TPSA) is 140 Å². The minimum Gasteiger partial charge on any atom is -0.497 e. The average molecular weight is 479 g/mol. The highest BCUT2D eigenvalue weighted by molar-refractivity contribution is 5.28. The number of ether oxygens (including phenoxy) is 2. The van der Waals surface area contributed by atoms with Gasteiger partial charge in [0.05, 0.1) is 26.9 Å². The summed E-state index contributed by atoms with van der Waals surface area (Å²) in [6.45, 7) is 1.26. The van der Waals surface area contributed by atoms with Crippen molar-refractivity contribution in [1.29, 1.82) is 0 Å². The SMILES string of the molecule is COc1ccc(CC(C)CC(Cc2ccc(OC)cc2)C(O)[C@@H](O)[C@@H](O)[C@H](O)[C@@H](O)CO)cc1. The minimum absolute atomic E-state index is 0.128. The predicted molar refractivity (Wildman–Crippen MR) is 128 cm³/mol. The third kappa shape index (κ3) is 7.94. The van der Waals surface area contributed by atoms with Crippen molar-refractivity contribution in [2.45, 2.75) is 56.7 Å². The highest BCUT2D eigenvalue weighted by Crippen LogP contribution is 2.28. The van der Waals surface area contributed by atoms with Crippen molar-refractivity contribution in [1.82, 2.24) is 0 Å². The summed E-state index contributed by atoms with van der Waals surface area (Å²) in [5.74, 6) is 1.14. The van der Waals surface area contributed by atoms with Crippen LogP contribution in [-0.2, 0) is 12.8 Å². The molecule has 0 spiro atoms. The van der Waals surface area contributed by atoms with Gasteiger partial charge in [0.15, 0.2) is 0 Å². The van der Waals surface area contributed by atoms with Gasteiger partial charge < -0.3 is 40.1 Å². The van der Waals surface area contributed by atoms with E-state index in [1.165, 1.54) is 0 Å². The number of methoxy groups -OCH3 is 2. The first kappa shape index (κ1) is 28.0. The maximum atomic E-state index is 11.0. The molecule has 2 aromatic carbocycles. The number of hydrogen-bond acceptors (Lipinski definition) is 8. The first-order chi connectivity index (χ1) is 16.2. The molecule has 0 saturated carbocycles. The summed E-state index contributed by atoms with van der Waals surface area (Å²) >= 11 is 0. The maximum Gasteiger partial charge on any atom is 0.118 e. The molecule has 0 fully saturated rings. The fourth-order valence-corrected chi connectivity index (χ4v) is 4.19. The molecule has 0 aliphatic carbocycles. The Bertz CT molecular complexity index is 826. The molecule has 190 valence electrons. The molecular formula is C26H38O8. The van der Waals surface area contributed by atoms with E-state index in [2.05, 4.69) is 0 Å². The van der Waals surface area contributed by atoms with E-state index in [0.717, 1.165) is 23.3 Å². The lowest BCUT2D eigenvalue weighted by Crippen LogP contribution is -2.52. The van der Waals surface area contributed by atoms with Gasteiger partial charge in [-0.2, -0.15) is 0 Å². The summed E-state index contributed by atoms with van der Waals surface area (Å²) in [6.07, 6.45) is -6.67. The molecule has 0 aromatic heterocycles. The van der Waals surface area contributed by atoms with Gasteiger partial charge in [-0.25, -0.2) is 0 Å². The van der Waals surface area contributed by atoms with E-state index in [4.69, 9.17) is 14.6 Å². The molecule has 6 N–H and O–H groups in total. The quantitative estimate of drug-likeness (QED) is 0.236. The Kier molecular flexibility index (Phi) is 11.2. The van der Waals surface area contributed by atoms with Crippen LogP contribution in [0.4, 0.5) is 0 Å². The minimum atomic E-state index is -1.83. The van der Waals surface area contributed by atoms with E-state index in [0.29, 0.717) is 18.6 Å². The number of benzene rings is 2. The molecular weight excluding hydrogens is 440 g/mol. The van der Waals surface area contributed by atoms with Gasteiger partial charge in [0.2, 0.25) is 0 Å². The van der Waals surface area contributed by atoms with Crippen LogP contribution in [0.15, 0.2) is 48.5 Å². The summed E-state index contributed by atoms with van der Waals surface area (Å²) in [7, 11) is 3.19. The fourth-order valence-electron chi connectivity index (χ4n) is 4.19. The van der Waals surface area contributed by atoms with E-state index in [1.807, 2.05) is 55.5 Å². The van der Waals surface area contributed by atoms with Crippen LogP contribution in [0.25, 0.3) is 0 Å². The molecule has 0 saturated heterocycles. The smallest absolute Gasteiger partial charge is 0.118 e. The average Bonchev–Trinajstić information content (AvgIpc) is 2.86. The zero-order valence-electron chi connectivity index (χ0n) is 20.0.